The molecule has 5 atom stereocenters. The number of hydrogen-bond donors (Lipinski definition) is 5. The molecule has 0 radical (unpaired) electrons. The molecule has 1 aliphatic rings. The third-order valence-electron chi connectivity index (χ3n) is 2.19. The van der Waals surface area contributed by atoms with Gasteiger partial charge in [0.05, 0.1) is 6.10 Å². The number of aliphatic hydroxyl groups excluding tert-OH is 3. The van der Waals surface area contributed by atoms with E-state index in [0.717, 1.165) is 0 Å². The highest BCUT2D eigenvalue weighted by molar-refractivity contribution is 5.73. The number of carboxylic acid groups (broad SMARTS) is 1. The van der Waals surface area contributed by atoms with Crippen molar-refractivity contribution in [3.05, 3.63) is 0 Å². The smallest absolute Gasteiger partial charge is 0.335 e. The Balaban J connectivity index is 2.78. The fourth-order valence-electron chi connectivity index (χ4n) is 1.35. The zero-order valence-electron chi connectivity index (χ0n) is 7.28. The lowest BCUT2D eigenvalue weighted by Gasteiger charge is -2.38. The lowest BCUT2D eigenvalue weighted by Crippen LogP contribution is -2.61. The van der Waals surface area contributed by atoms with E-state index in [9.17, 15) is 20.1 Å². The van der Waals surface area contributed by atoms with Gasteiger partial charge in [-0.05, 0) is 0 Å². The van der Waals surface area contributed by atoms with Crippen LogP contribution in [0, 0.1) is 0 Å². The zero-order chi connectivity index (χ0) is 10.9. The molecule has 14 heavy (non-hydrogen) atoms. The van der Waals surface area contributed by atoms with Gasteiger partial charge in [0.2, 0.25) is 0 Å². The van der Waals surface area contributed by atoms with Crippen LogP contribution in [0.4, 0.5) is 0 Å². The molecular formula is C7H13NO6. The van der Waals surface area contributed by atoms with E-state index in [2.05, 4.69) is 0 Å². The fourth-order valence-corrected chi connectivity index (χ4v) is 1.35. The van der Waals surface area contributed by atoms with E-state index < -0.39 is 36.5 Å². The summed E-state index contributed by atoms with van der Waals surface area (Å²) in [5.74, 6) is -1.40. The maximum atomic E-state index is 10.6. The van der Waals surface area contributed by atoms with Crippen LogP contribution in [-0.2, 0) is 9.53 Å². The minimum absolute atomic E-state index is 0.130. The Labute approximate surface area is 79.7 Å². The van der Waals surface area contributed by atoms with Crippen LogP contribution < -0.4 is 5.73 Å². The molecule has 7 heteroatoms. The largest absolute Gasteiger partial charge is 0.479 e. The van der Waals surface area contributed by atoms with Crippen LogP contribution in [0.5, 0.6) is 0 Å². The van der Waals surface area contributed by atoms with Crippen molar-refractivity contribution in [1.82, 2.24) is 0 Å². The molecule has 0 saturated carbocycles. The van der Waals surface area contributed by atoms with Gasteiger partial charge < -0.3 is 30.9 Å². The Morgan fingerprint density at radius 2 is 1.79 bits per heavy atom. The van der Waals surface area contributed by atoms with E-state index in [-0.39, 0.29) is 6.54 Å². The molecule has 0 amide bonds. The maximum absolute atomic E-state index is 10.6. The summed E-state index contributed by atoms with van der Waals surface area (Å²) >= 11 is 0. The number of ether oxygens (including phenoxy) is 1. The fraction of sp³-hybridized carbons (Fsp3) is 0.857. The summed E-state index contributed by atoms with van der Waals surface area (Å²) in [5.41, 5.74) is 5.19. The van der Waals surface area contributed by atoms with Crippen molar-refractivity contribution < 1.29 is 30.0 Å². The third kappa shape index (κ3) is 1.86. The van der Waals surface area contributed by atoms with E-state index in [1.807, 2.05) is 0 Å². The van der Waals surface area contributed by atoms with Gasteiger partial charge >= 0.3 is 5.97 Å². The number of carboxylic acids is 1. The van der Waals surface area contributed by atoms with E-state index in [0.29, 0.717) is 0 Å². The second-order valence-electron chi connectivity index (χ2n) is 3.14. The van der Waals surface area contributed by atoms with Crippen LogP contribution in [-0.4, -0.2) is 63.5 Å². The summed E-state index contributed by atoms with van der Waals surface area (Å²) in [6, 6.07) is 0. The summed E-state index contributed by atoms with van der Waals surface area (Å²) in [4.78, 5) is 10.6. The van der Waals surface area contributed by atoms with Crippen molar-refractivity contribution in [3.8, 4) is 0 Å². The average Bonchev–Trinajstić information content (AvgIpc) is 2.14. The van der Waals surface area contributed by atoms with Gasteiger partial charge in [-0.15, -0.1) is 0 Å². The Morgan fingerprint density at radius 3 is 2.21 bits per heavy atom. The summed E-state index contributed by atoms with van der Waals surface area (Å²) in [6.45, 7) is -0.130. The Kier molecular flexibility index (Phi) is 3.40. The first-order valence-electron chi connectivity index (χ1n) is 4.11. The molecule has 0 aromatic heterocycles. The van der Waals surface area contributed by atoms with Gasteiger partial charge in [-0.3, -0.25) is 0 Å². The third-order valence-corrected chi connectivity index (χ3v) is 2.19. The van der Waals surface area contributed by atoms with Gasteiger partial charge in [0.1, 0.15) is 18.3 Å². The van der Waals surface area contributed by atoms with Crippen LogP contribution in [0.25, 0.3) is 0 Å². The quantitative estimate of drug-likeness (QED) is 0.323. The minimum Gasteiger partial charge on any atom is -0.479 e. The van der Waals surface area contributed by atoms with Gasteiger partial charge in [-0.1, -0.05) is 0 Å². The van der Waals surface area contributed by atoms with Crippen LogP contribution in [0.1, 0.15) is 0 Å². The molecule has 0 aromatic rings. The summed E-state index contributed by atoms with van der Waals surface area (Å²) in [6.07, 6.45) is -7.11. The summed E-state index contributed by atoms with van der Waals surface area (Å²) < 4.78 is 4.81. The Bertz CT molecular complexity index is 220. The molecule has 82 valence electrons. The first kappa shape index (κ1) is 11.3. The van der Waals surface area contributed by atoms with Crippen molar-refractivity contribution in [3.63, 3.8) is 0 Å². The zero-order valence-corrected chi connectivity index (χ0v) is 7.28. The van der Waals surface area contributed by atoms with E-state index >= 15 is 0 Å². The van der Waals surface area contributed by atoms with Crippen molar-refractivity contribution in [2.45, 2.75) is 30.5 Å². The maximum Gasteiger partial charge on any atom is 0.335 e. The van der Waals surface area contributed by atoms with Crippen LogP contribution in [0.15, 0.2) is 0 Å². The molecule has 1 aliphatic heterocycles. The second kappa shape index (κ2) is 4.20. The molecule has 1 fully saturated rings. The average molecular weight is 207 g/mol. The number of aliphatic carboxylic acids is 1. The predicted molar refractivity (Wildman–Crippen MR) is 43.4 cm³/mol. The van der Waals surface area contributed by atoms with Crippen LogP contribution in [0.3, 0.4) is 0 Å². The molecular weight excluding hydrogens is 194 g/mol. The SMILES string of the molecule is NCC1O[C@H](C(=O)O)[C@@H](O)[C@H](O)[C@H]1O. The molecule has 7 nitrogen and oxygen atoms in total. The highest BCUT2D eigenvalue weighted by Crippen LogP contribution is 2.20. The number of carbonyl (C=O) groups is 1. The molecule has 0 spiro atoms. The standard InChI is InChI=1S/C7H13NO6/c8-1-2-3(9)4(10)5(11)6(14-2)7(12)13/h2-6,9-11H,1,8H2,(H,12,13)/t2?,3-,4+,5-,6-/m0/s1. The number of aliphatic hydroxyl groups is 3. The molecule has 1 unspecified atom stereocenters. The van der Waals surface area contributed by atoms with Crippen LogP contribution >= 0.6 is 0 Å². The van der Waals surface area contributed by atoms with E-state index in [1.54, 1.807) is 0 Å². The molecule has 1 saturated heterocycles. The number of hydrogen-bond acceptors (Lipinski definition) is 6. The van der Waals surface area contributed by atoms with Gasteiger partial charge in [0.25, 0.3) is 0 Å². The first-order chi connectivity index (χ1) is 6.49. The summed E-state index contributed by atoms with van der Waals surface area (Å²) in [7, 11) is 0. The topological polar surface area (TPSA) is 133 Å². The van der Waals surface area contributed by atoms with Crippen molar-refractivity contribution in [2.75, 3.05) is 6.54 Å². The van der Waals surface area contributed by atoms with Gasteiger partial charge in [0, 0.05) is 6.54 Å². The molecule has 6 N–H and O–H groups in total. The molecule has 0 aromatic carbocycles. The molecule has 1 rings (SSSR count). The predicted octanol–water partition coefficient (Wildman–Crippen LogP) is -3.12. The second-order valence-corrected chi connectivity index (χ2v) is 3.14. The van der Waals surface area contributed by atoms with Crippen LogP contribution in [0.2, 0.25) is 0 Å². The first-order valence-corrected chi connectivity index (χ1v) is 4.11. The molecule has 1 heterocycles. The Morgan fingerprint density at radius 1 is 1.21 bits per heavy atom. The minimum atomic E-state index is -1.65. The normalized spacial score (nSPS) is 43.6. The van der Waals surface area contributed by atoms with Gasteiger partial charge in [0.15, 0.2) is 6.10 Å². The number of nitrogens with two attached hydrogens (primary N) is 1. The van der Waals surface area contributed by atoms with E-state index in [1.165, 1.54) is 0 Å². The Hall–Kier alpha value is -0.730. The van der Waals surface area contributed by atoms with Crippen molar-refractivity contribution in [2.24, 2.45) is 5.73 Å². The highest BCUT2D eigenvalue weighted by atomic mass is 16.6. The lowest BCUT2D eigenvalue weighted by molar-refractivity contribution is -0.225. The van der Waals surface area contributed by atoms with Crippen molar-refractivity contribution in [1.29, 1.82) is 0 Å². The van der Waals surface area contributed by atoms with Gasteiger partial charge in [-0.2, -0.15) is 0 Å². The number of rotatable bonds is 2. The highest BCUT2D eigenvalue weighted by Gasteiger charge is 2.46. The monoisotopic (exact) mass is 207 g/mol. The van der Waals surface area contributed by atoms with E-state index in [4.69, 9.17) is 15.6 Å². The molecule has 0 aliphatic carbocycles. The van der Waals surface area contributed by atoms with Crippen molar-refractivity contribution >= 4 is 5.97 Å². The molecule has 0 bridgehead atoms. The summed E-state index contributed by atoms with van der Waals surface area (Å²) in [5, 5.41) is 36.4. The lowest BCUT2D eigenvalue weighted by atomic mass is 9.95. The van der Waals surface area contributed by atoms with Gasteiger partial charge in [-0.25, -0.2) is 4.79 Å².